The highest BCUT2D eigenvalue weighted by molar-refractivity contribution is 7.53. The van der Waals surface area contributed by atoms with Gasteiger partial charge in [-0.3, -0.25) is 0 Å². The molecular formula is C12H17FNO4P. The molecule has 1 rings (SSSR count). The van der Waals surface area contributed by atoms with E-state index < -0.39 is 13.4 Å². The fourth-order valence-electron chi connectivity index (χ4n) is 1.47. The number of oxime groups is 1. The summed E-state index contributed by atoms with van der Waals surface area (Å²) < 4.78 is 30.4. The van der Waals surface area contributed by atoms with Crippen LogP contribution in [-0.4, -0.2) is 24.1 Å². The van der Waals surface area contributed by atoms with E-state index in [0.29, 0.717) is 0 Å². The molecule has 0 heterocycles. The van der Waals surface area contributed by atoms with Gasteiger partial charge in [0, 0.05) is 0 Å². The molecule has 0 aliphatic carbocycles. The second-order valence-corrected chi connectivity index (χ2v) is 6.19. The molecule has 5 nitrogen and oxygen atoms in total. The molecule has 19 heavy (non-hydrogen) atoms. The first-order chi connectivity index (χ1) is 8.85. The van der Waals surface area contributed by atoms with Crippen LogP contribution in [0.1, 0.15) is 19.4 Å². The molecule has 1 aromatic rings. The second-order valence-electron chi connectivity index (χ2n) is 4.36. The third kappa shape index (κ3) is 5.01. The molecule has 0 bridgehead atoms. The van der Waals surface area contributed by atoms with Crippen LogP contribution in [0.5, 0.6) is 0 Å². The molecule has 106 valence electrons. The summed E-state index contributed by atoms with van der Waals surface area (Å²) in [5.41, 5.74) is -0.0256. The first kappa shape index (κ1) is 15.7. The molecule has 1 unspecified atom stereocenters. The molecule has 1 N–H and O–H groups in total. The quantitative estimate of drug-likeness (QED) is 0.391. The minimum absolute atomic E-state index is 0.0256. The van der Waals surface area contributed by atoms with Crippen LogP contribution in [0.3, 0.4) is 0 Å². The van der Waals surface area contributed by atoms with Crippen molar-refractivity contribution in [1.29, 1.82) is 0 Å². The third-order valence-electron chi connectivity index (χ3n) is 2.10. The first-order valence-electron chi connectivity index (χ1n) is 5.73. The molecule has 0 fully saturated rings. The Bertz CT molecular complexity index is 504. The van der Waals surface area contributed by atoms with Crippen LogP contribution < -0.4 is 0 Å². The van der Waals surface area contributed by atoms with Crippen molar-refractivity contribution in [2.75, 3.05) is 13.3 Å². The van der Waals surface area contributed by atoms with Crippen molar-refractivity contribution in [2.24, 2.45) is 11.1 Å². The standard InChI is InChI=1S/C12H17FNO4P/c1-9(2)8-19(15,16)18-12(14-17-3)10-6-4-5-7-11(10)13/h4-7,9H,8H2,1-3H3,(H,15,16)/b14-12-. The molecule has 1 aromatic carbocycles. The lowest BCUT2D eigenvalue weighted by molar-refractivity contribution is 0.204. The molecular weight excluding hydrogens is 272 g/mol. The SMILES string of the molecule is CO/N=C(\OP(=O)(O)CC(C)C)c1ccccc1F. The fraction of sp³-hybridized carbons (Fsp3) is 0.417. The first-order valence-corrected chi connectivity index (χ1v) is 7.49. The van der Waals surface area contributed by atoms with Crippen molar-refractivity contribution in [1.82, 2.24) is 0 Å². The van der Waals surface area contributed by atoms with Gasteiger partial charge in [-0.1, -0.05) is 26.0 Å². The Kier molecular flexibility index (Phi) is 5.51. The minimum Gasteiger partial charge on any atom is -0.402 e. The summed E-state index contributed by atoms with van der Waals surface area (Å²) in [6.07, 6.45) is -0.0514. The smallest absolute Gasteiger partial charge is 0.378 e. The maximum atomic E-state index is 13.6. The monoisotopic (exact) mass is 289 g/mol. The highest BCUT2D eigenvalue weighted by Crippen LogP contribution is 2.44. The van der Waals surface area contributed by atoms with Crippen molar-refractivity contribution in [3.8, 4) is 0 Å². The number of rotatable bonds is 5. The molecule has 0 saturated heterocycles. The van der Waals surface area contributed by atoms with Gasteiger partial charge in [-0.15, -0.1) is 0 Å². The average Bonchev–Trinajstić information content (AvgIpc) is 2.27. The molecule has 0 amide bonds. The Morgan fingerprint density at radius 2 is 2.11 bits per heavy atom. The van der Waals surface area contributed by atoms with Crippen molar-refractivity contribution in [3.63, 3.8) is 0 Å². The Hall–Kier alpha value is -1.39. The van der Waals surface area contributed by atoms with Crippen molar-refractivity contribution < 1.29 is 23.2 Å². The topological polar surface area (TPSA) is 68.1 Å². The van der Waals surface area contributed by atoms with Crippen molar-refractivity contribution in [3.05, 3.63) is 35.6 Å². The van der Waals surface area contributed by atoms with Gasteiger partial charge in [-0.05, 0) is 23.2 Å². The van der Waals surface area contributed by atoms with Crippen LogP contribution in [0.2, 0.25) is 0 Å². The Morgan fingerprint density at radius 1 is 1.47 bits per heavy atom. The van der Waals surface area contributed by atoms with E-state index in [2.05, 4.69) is 9.99 Å². The average molecular weight is 289 g/mol. The molecule has 0 aliphatic heterocycles. The predicted octanol–water partition coefficient (Wildman–Crippen LogP) is 2.99. The van der Waals surface area contributed by atoms with Gasteiger partial charge in [-0.25, -0.2) is 8.96 Å². The molecule has 0 aliphatic rings. The Balaban J connectivity index is 3.01. The summed E-state index contributed by atoms with van der Waals surface area (Å²) in [5, 5.41) is 3.47. The van der Waals surface area contributed by atoms with E-state index >= 15 is 0 Å². The predicted molar refractivity (Wildman–Crippen MR) is 70.6 cm³/mol. The molecule has 0 radical (unpaired) electrons. The largest absolute Gasteiger partial charge is 0.402 e. The van der Waals surface area contributed by atoms with Gasteiger partial charge < -0.3 is 14.3 Å². The van der Waals surface area contributed by atoms with E-state index in [1.807, 2.05) is 0 Å². The highest BCUT2D eigenvalue weighted by atomic mass is 31.2. The maximum Gasteiger partial charge on any atom is 0.378 e. The van der Waals surface area contributed by atoms with Gasteiger partial charge in [-0.2, -0.15) is 0 Å². The third-order valence-corrected chi connectivity index (χ3v) is 3.75. The van der Waals surface area contributed by atoms with Gasteiger partial charge >= 0.3 is 7.60 Å². The zero-order valence-corrected chi connectivity index (χ0v) is 11.9. The molecule has 1 atom stereocenters. The summed E-state index contributed by atoms with van der Waals surface area (Å²) in [7, 11) is -2.65. The van der Waals surface area contributed by atoms with Crippen LogP contribution in [0.4, 0.5) is 4.39 Å². The lowest BCUT2D eigenvalue weighted by Crippen LogP contribution is -2.11. The van der Waals surface area contributed by atoms with Crippen molar-refractivity contribution in [2.45, 2.75) is 13.8 Å². The highest BCUT2D eigenvalue weighted by Gasteiger charge is 2.26. The Labute approximate surface area is 111 Å². The maximum absolute atomic E-state index is 13.6. The van der Waals surface area contributed by atoms with E-state index in [9.17, 15) is 13.8 Å². The lowest BCUT2D eigenvalue weighted by atomic mass is 10.2. The van der Waals surface area contributed by atoms with Gasteiger partial charge in [0.05, 0.1) is 11.7 Å². The van der Waals surface area contributed by atoms with Crippen molar-refractivity contribution >= 4 is 13.5 Å². The van der Waals surface area contributed by atoms with E-state index in [-0.39, 0.29) is 23.5 Å². The summed E-state index contributed by atoms with van der Waals surface area (Å²) in [6, 6.07) is 5.66. The van der Waals surface area contributed by atoms with Gasteiger partial charge in [0.1, 0.15) is 12.9 Å². The van der Waals surface area contributed by atoms with Crippen LogP contribution in [0, 0.1) is 11.7 Å². The van der Waals surface area contributed by atoms with Gasteiger partial charge in [0.15, 0.2) is 0 Å². The fourth-order valence-corrected chi connectivity index (χ4v) is 2.87. The number of hydrogen-bond donors (Lipinski definition) is 1. The van der Waals surface area contributed by atoms with Gasteiger partial charge in [0.25, 0.3) is 5.90 Å². The second kappa shape index (κ2) is 6.68. The minimum atomic E-state index is -3.90. The molecule has 0 aromatic heterocycles. The van der Waals surface area contributed by atoms with Crippen LogP contribution >= 0.6 is 7.60 Å². The summed E-state index contributed by atoms with van der Waals surface area (Å²) in [6.45, 7) is 3.56. The van der Waals surface area contributed by atoms with Crippen LogP contribution in [-0.2, 0) is 13.9 Å². The van der Waals surface area contributed by atoms with Crippen LogP contribution in [0.25, 0.3) is 0 Å². The van der Waals surface area contributed by atoms with E-state index in [1.165, 1.54) is 25.3 Å². The molecule has 7 heteroatoms. The number of halogens is 1. The zero-order valence-electron chi connectivity index (χ0n) is 11.0. The molecule has 0 spiro atoms. The summed E-state index contributed by atoms with van der Waals surface area (Å²) >= 11 is 0. The van der Waals surface area contributed by atoms with E-state index in [4.69, 9.17) is 4.52 Å². The lowest BCUT2D eigenvalue weighted by Gasteiger charge is -2.16. The van der Waals surface area contributed by atoms with E-state index in [1.54, 1.807) is 19.9 Å². The zero-order chi connectivity index (χ0) is 14.5. The molecule has 0 saturated carbocycles. The van der Waals surface area contributed by atoms with E-state index in [0.717, 1.165) is 0 Å². The number of benzene rings is 1. The number of nitrogens with zero attached hydrogens (tertiary/aromatic N) is 1. The summed E-state index contributed by atoms with van der Waals surface area (Å²) in [5.74, 6) is -0.991. The summed E-state index contributed by atoms with van der Waals surface area (Å²) in [4.78, 5) is 14.2. The van der Waals surface area contributed by atoms with Crippen LogP contribution in [0.15, 0.2) is 29.4 Å². The number of hydrogen-bond acceptors (Lipinski definition) is 4. The van der Waals surface area contributed by atoms with Gasteiger partial charge in [0.2, 0.25) is 0 Å². The normalized spacial score (nSPS) is 15.2. The Morgan fingerprint density at radius 3 is 2.63 bits per heavy atom.